The van der Waals surface area contributed by atoms with Crippen LogP contribution in [0.15, 0.2) is 0 Å². The van der Waals surface area contributed by atoms with Crippen LogP contribution in [0.5, 0.6) is 0 Å². The van der Waals surface area contributed by atoms with Crippen LogP contribution in [0.3, 0.4) is 0 Å². The molecule has 0 spiro atoms. The maximum absolute atomic E-state index is 11.8. The molecule has 0 bridgehead atoms. The largest absolute Gasteiger partial charge is 0.353 e. The van der Waals surface area contributed by atoms with Gasteiger partial charge in [0, 0.05) is 32.7 Å². The number of nitrogens with one attached hydrogen (secondary N) is 2. The van der Waals surface area contributed by atoms with Gasteiger partial charge in [-0.1, -0.05) is 0 Å². The number of nitrogens with zero attached hydrogens (tertiary/aromatic N) is 2. The SMILES string of the molecule is CN(C)CCNC(=O)C1CNCCN1C. The quantitative estimate of drug-likeness (QED) is 0.602. The van der Waals surface area contributed by atoms with Crippen LogP contribution < -0.4 is 10.6 Å². The summed E-state index contributed by atoms with van der Waals surface area (Å²) >= 11 is 0. The Kier molecular flexibility index (Phi) is 5.01. The van der Waals surface area contributed by atoms with E-state index in [1.165, 1.54) is 0 Å². The number of carbonyl (C=O) groups excluding carboxylic acids is 1. The Labute approximate surface area is 91.8 Å². The highest BCUT2D eigenvalue weighted by molar-refractivity contribution is 5.82. The summed E-state index contributed by atoms with van der Waals surface area (Å²) < 4.78 is 0. The van der Waals surface area contributed by atoms with Gasteiger partial charge in [-0.25, -0.2) is 0 Å². The molecule has 0 saturated carbocycles. The highest BCUT2D eigenvalue weighted by atomic mass is 16.2. The van der Waals surface area contributed by atoms with Gasteiger partial charge >= 0.3 is 0 Å². The van der Waals surface area contributed by atoms with Gasteiger partial charge in [0.1, 0.15) is 6.04 Å². The Hall–Kier alpha value is -0.650. The molecule has 1 amide bonds. The van der Waals surface area contributed by atoms with E-state index in [4.69, 9.17) is 0 Å². The van der Waals surface area contributed by atoms with Crippen molar-refractivity contribution in [1.29, 1.82) is 0 Å². The van der Waals surface area contributed by atoms with Gasteiger partial charge in [-0.2, -0.15) is 0 Å². The molecule has 1 unspecified atom stereocenters. The van der Waals surface area contributed by atoms with E-state index in [0.29, 0.717) is 0 Å². The van der Waals surface area contributed by atoms with E-state index in [1.807, 2.05) is 21.1 Å². The van der Waals surface area contributed by atoms with E-state index in [1.54, 1.807) is 0 Å². The molecular formula is C10H22N4O. The van der Waals surface area contributed by atoms with Crippen molar-refractivity contribution in [2.75, 3.05) is 53.9 Å². The smallest absolute Gasteiger partial charge is 0.238 e. The lowest BCUT2D eigenvalue weighted by Gasteiger charge is -2.31. The minimum atomic E-state index is -0.0130. The summed E-state index contributed by atoms with van der Waals surface area (Å²) in [6, 6.07) is -0.0130. The molecule has 1 fully saturated rings. The highest BCUT2D eigenvalue weighted by Gasteiger charge is 2.24. The second-order valence-electron chi connectivity index (χ2n) is 4.29. The minimum Gasteiger partial charge on any atom is -0.353 e. The lowest BCUT2D eigenvalue weighted by Crippen LogP contribution is -2.56. The van der Waals surface area contributed by atoms with E-state index in [0.717, 1.165) is 32.7 Å². The molecule has 1 heterocycles. The van der Waals surface area contributed by atoms with Crippen molar-refractivity contribution in [1.82, 2.24) is 20.4 Å². The monoisotopic (exact) mass is 214 g/mol. The molecule has 0 radical (unpaired) electrons. The molecule has 1 aliphatic heterocycles. The van der Waals surface area contributed by atoms with Gasteiger partial charge in [-0.05, 0) is 21.1 Å². The molecular weight excluding hydrogens is 192 g/mol. The number of piperazine rings is 1. The summed E-state index contributed by atoms with van der Waals surface area (Å²) in [5.41, 5.74) is 0. The fourth-order valence-corrected chi connectivity index (χ4v) is 1.62. The third-order valence-electron chi connectivity index (χ3n) is 2.67. The van der Waals surface area contributed by atoms with E-state index in [9.17, 15) is 4.79 Å². The fourth-order valence-electron chi connectivity index (χ4n) is 1.62. The lowest BCUT2D eigenvalue weighted by molar-refractivity contribution is -0.126. The van der Waals surface area contributed by atoms with E-state index >= 15 is 0 Å². The van der Waals surface area contributed by atoms with Crippen LogP contribution in [0.25, 0.3) is 0 Å². The first-order valence-corrected chi connectivity index (χ1v) is 5.44. The molecule has 1 aliphatic rings. The maximum Gasteiger partial charge on any atom is 0.238 e. The van der Waals surface area contributed by atoms with Crippen molar-refractivity contribution in [3.63, 3.8) is 0 Å². The van der Waals surface area contributed by atoms with Crippen molar-refractivity contribution in [2.45, 2.75) is 6.04 Å². The summed E-state index contributed by atoms with van der Waals surface area (Å²) in [7, 11) is 6.00. The molecule has 0 aromatic rings. The second kappa shape index (κ2) is 6.05. The van der Waals surface area contributed by atoms with Crippen molar-refractivity contribution in [2.24, 2.45) is 0 Å². The normalized spacial score (nSPS) is 23.1. The first-order chi connectivity index (χ1) is 7.11. The van der Waals surface area contributed by atoms with Gasteiger partial charge in [0.15, 0.2) is 0 Å². The molecule has 0 aromatic carbocycles. The summed E-state index contributed by atoms with van der Waals surface area (Å²) in [6.45, 7) is 4.26. The minimum absolute atomic E-state index is 0.0130. The van der Waals surface area contributed by atoms with Gasteiger partial charge < -0.3 is 15.5 Å². The molecule has 5 heteroatoms. The first kappa shape index (κ1) is 12.4. The van der Waals surface area contributed by atoms with Gasteiger partial charge in [0.25, 0.3) is 0 Å². The molecule has 0 aromatic heterocycles. The number of hydrogen-bond acceptors (Lipinski definition) is 4. The van der Waals surface area contributed by atoms with Crippen LogP contribution in [-0.2, 0) is 4.79 Å². The summed E-state index contributed by atoms with van der Waals surface area (Å²) in [6.07, 6.45) is 0. The van der Waals surface area contributed by atoms with Crippen LogP contribution in [0, 0.1) is 0 Å². The second-order valence-corrected chi connectivity index (χ2v) is 4.29. The Morgan fingerprint density at radius 1 is 1.60 bits per heavy atom. The third kappa shape index (κ3) is 4.15. The average molecular weight is 214 g/mol. The number of hydrogen-bond donors (Lipinski definition) is 2. The van der Waals surface area contributed by atoms with Gasteiger partial charge in [0.2, 0.25) is 5.91 Å². The van der Waals surface area contributed by atoms with Crippen molar-refractivity contribution in [3.8, 4) is 0 Å². The summed E-state index contributed by atoms with van der Waals surface area (Å²) in [5, 5.41) is 6.18. The van der Waals surface area contributed by atoms with Crippen LogP contribution >= 0.6 is 0 Å². The standard InChI is InChI=1S/C10H22N4O/c1-13(2)6-5-12-10(15)9-8-11-4-7-14(9)3/h9,11H,4-8H2,1-3H3,(H,12,15). The lowest BCUT2D eigenvalue weighted by atomic mass is 10.2. The van der Waals surface area contributed by atoms with E-state index in [-0.39, 0.29) is 11.9 Å². The number of likely N-dealkylation sites (N-methyl/N-ethyl adjacent to an activating group) is 2. The van der Waals surface area contributed by atoms with Gasteiger partial charge in [-0.15, -0.1) is 0 Å². The molecule has 0 aliphatic carbocycles. The molecule has 5 nitrogen and oxygen atoms in total. The number of carbonyl (C=O) groups is 1. The molecule has 88 valence electrons. The van der Waals surface area contributed by atoms with Crippen LogP contribution in [0.1, 0.15) is 0 Å². The van der Waals surface area contributed by atoms with Crippen LogP contribution in [0.4, 0.5) is 0 Å². The maximum atomic E-state index is 11.8. The zero-order valence-electron chi connectivity index (χ0n) is 9.92. The van der Waals surface area contributed by atoms with E-state index < -0.39 is 0 Å². The zero-order chi connectivity index (χ0) is 11.3. The average Bonchev–Trinajstić information content (AvgIpc) is 2.17. The molecule has 1 atom stereocenters. The predicted octanol–water partition coefficient (Wildman–Crippen LogP) is -1.43. The predicted molar refractivity (Wildman–Crippen MR) is 60.9 cm³/mol. The zero-order valence-corrected chi connectivity index (χ0v) is 9.92. The van der Waals surface area contributed by atoms with Gasteiger partial charge in [0.05, 0.1) is 0 Å². The van der Waals surface area contributed by atoms with Crippen LogP contribution in [0.2, 0.25) is 0 Å². The van der Waals surface area contributed by atoms with E-state index in [2.05, 4.69) is 20.4 Å². The first-order valence-electron chi connectivity index (χ1n) is 5.44. The Morgan fingerprint density at radius 3 is 2.93 bits per heavy atom. The topological polar surface area (TPSA) is 47.6 Å². The molecule has 2 N–H and O–H groups in total. The molecule has 1 saturated heterocycles. The molecule has 1 rings (SSSR count). The van der Waals surface area contributed by atoms with Crippen molar-refractivity contribution < 1.29 is 4.79 Å². The van der Waals surface area contributed by atoms with Gasteiger partial charge in [-0.3, -0.25) is 9.69 Å². The Morgan fingerprint density at radius 2 is 2.33 bits per heavy atom. The highest BCUT2D eigenvalue weighted by Crippen LogP contribution is 1.99. The Balaban J connectivity index is 2.26. The number of amides is 1. The molecule has 15 heavy (non-hydrogen) atoms. The number of rotatable bonds is 4. The summed E-state index contributed by atoms with van der Waals surface area (Å²) in [4.78, 5) is 15.9. The Bertz CT molecular complexity index is 208. The van der Waals surface area contributed by atoms with Crippen molar-refractivity contribution >= 4 is 5.91 Å². The summed E-state index contributed by atoms with van der Waals surface area (Å²) in [5.74, 6) is 0.131. The van der Waals surface area contributed by atoms with Crippen molar-refractivity contribution in [3.05, 3.63) is 0 Å². The third-order valence-corrected chi connectivity index (χ3v) is 2.67. The fraction of sp³-hybridized carbons (Fsp3) is 0.900. The van der Waals surface area contributed by atoms with Crippen LogP contribution in [-0.4, -0.2) is 75.6 Å².